The summed E-state index contributed by atoms with van der Waals surface area (Å²) in [5, 5.41) is 22.1. The van der Waals surface area contributed by atoms with Crippen LogP contribution in [-0.2, 0) is 11.4 Å². The van der Waals surface area contributed by atoms with Gasteiger partial charge in [0.15, 0.2) is 11.5 Å². The van der Waals surface area contributed by atoms with Crippen LogP contribution in [-0.4, -0.2) is 23.6 Å². The molecule has 178 valence electrons. The number of carboxylic acids is 1. The van der Waals surface area contributed by atoms with Crippen molar-refractivity contribution in [2.24, 2.45) is 0 Å². The summed E-state index contributed by atoms with van der Waals surface area (Å²) < 4.78 is 11.6. The van der Waals surface area contributed by atoms with Gasteiger partial charge in [-0.05, 0) is 67.1 Å². The van der Waals surface area contributed by atoms with Crippen LogP contribution in [0.15, 0.2) is 66.2 Å². The van der Waals surface area contributed by atoms with Gasteiger partial charge in [-0.15, -0.1) is 0 Å². The second kappa shape index (κ2) is 11.9. The molecular formula is C26H20Cl2N2O5. The summed E-state index contributed by atoms with van der Waals surface area (Å²) in [6.07, 6.45) is 1.42. The quantitative estimate of drug-likeness (QED) is 0.261. The molecule has 0 heterocycles. The summed E-state index contributed by atoms with van der Waals surface area (Å²) in [5.41, 5.74) is 1.61. The number of rotatable bonds is 9. The van der Waals surface area contributed by atoms with Crippen molar-refractivity contribution in [1.29, 1.82) is 5.26 Å². The molecule has 0 atom stereocenters. The van der Waals surface area contributed by atoms with Gasteiger partial charge >= 0.3 is 5.97 Å². The highest BCUT2D eigenvalue weighted by atomic mass is 35.5. The first-order valence-electron chi connectivity index (χ1n) is 10.4. The van der Waals surface area contributed by atoms with Crippen LogP contribution in [0.4, 0.5) is 5.69 Å². The molecule has 0 fully saturated rings. The number of carbonyl (C=O) groups excluding carboxylic acids is 1. The number of hydrogen-bond donors (Lipinski definition) is 2. The zero-order chi connectivity index (χ0) is 25.4. The number of carboxylic acid groups (broad SMARTS) is 1. The van der Waals surface area contributed by atoms with Crippen molar-refractivity contribution >= 4 is 46.8 Å². The molecular weight excluding hydrogens is 491 g/mol. The summed E-state index contributed by atoms with van der Waals surface area (Å²) in [4.78, 5) is 23.5. The van der Waals surface area contributed by atoms with E-state index < -0.39 is 11.9 Å². The number of nitrogens with one attached hydrogen (secondary N) is 1. The maximum absolute atomic E-state index is 12.6. The van der Waals surface area contributed by atoms with Crippen LogP contribution in [0.2, 0.25) is 10.0 Å². The van der Waals surface area contributed by atoms with E-state index in [-0.39, 0.29) is 17.7 Å². The SMILES string of the molecule is CCOc1cc(/C=C(\C#N)C(=O)Nc2ccc(C(=O)O)cc2)ccc1OCc1ccc(Cl)cc1Cl. The van der Waals surface area contributed by atoms with Crippen molar-refractivity contribution < 1.29 is 24.2 Å². The fourth-order valence-electron chi connectivity index (χ4n) is 3.01. The van der Waals surface area contributed by atoms with E-state index in [9.17, 15) is 14.9 Å². The Kier molecular flexibility index (Phi) is 8.74. The topological polar surface area (TPSA) is 109 Å². The Balaban J connectivity index is 1.77. The van der Waals surface area contributed by atoms with Gasteiger partial charge in [0.2, 0.25) is 0 Å². The molecule has 35 heavy (non-hydrogen) atoms. The molecule has 0 unspecified atom stereocenters. The summed E-state index contributed by atoms with van der Waals surface area (Å²) in [6.45, 7) is 2.40. The lowest BCUT2D eigenvalue weighted by Crippen LogP contribution is -2.13. The Morgan fingerprint density at radius 2 is 1.77 bits per heavy atom. The highest BCUT2D eigenvalue weighted by Gasteiger charge is 2.13. The molecule has 0 radical (unpaired) electrons. The highest BCUT2D eigenvalue weighted by Crippen LogP contribution is 2.31. The predicted molar refractivity (Wildman–Crippen MR) is 134 cm³/mol. The number of nitrogens with zero attached hydrogens (tertiary/aromatic N) is 1. The van der Waals surface area contributed by atoms with Gasteiger partial charge < -0.3 is 19.9 Å². The Bertz CT molecular complexity index is 1310. The molecule has 0 aliphatic rings. The standard InChI is InChI=1S/C26H20Cl2N2O5/c1-2-34-24-12-16(3-10-23(24)35-15-18-4-7-20(27)13-22(18)28)11-19(14-29)25(31)30-21-8-5-17(6-9-21)26(32)33/h3-13H,2,15H2,1H3,(H,30,31)(H,32,33)/b19-11+. The Labute approximate surface area is 212 Å². The van der Waals surface area contributed by atoms with E-state index in [1.54, 1.807) is 36.4 Å². The zero-order valence-electron chi connectivity index (χ0n) is 18.5. The molecule has 0 aliphatic carbocycles. The van der Waals surface area contributed by atoms with Crippen molar-refractivity contribution in [1.82, 2.24) is 0 Å². The van der Waals surface area contributed by atoms with Gasteiger partial charge in [0, 0.05) is 21.3 Å². The third-order valence-corrected chi connectivity index (χ3v) is 5.32. The first kappa shape index (κ1) is 25.6. The molecule has 0 spiro atoms. The number of benzene rings is 3. The molecule has 0 saturated heterocycles. The minimum Gasteiger partial charge on any atom is -0.490 e. The minimum atomic E-state index is -1.07. The van der Waals surface area contributed by atoms with Crippen LogP contribution in [0, 0.1) is 11.3 Å². The summed E-state index contributed by atoms with van der Waals surface area (Å²) in [7, 11) is 0. The lowest BCUT2D eigenvalue weighted by Gasteiger charge is -2.13. The van der Waals surface area contributed by atoms with E-state index >= 15 is 0 Å². The number of carbonyl (C=O) groups is 2. The molecule has 3 aromatic carbocycles. The third kappa shape index (κ3) is 7.00. The van der Waals surface area contributed by atoms with Gasteiger partial charge in [-0.25, -0.2) is 4.79 Å². The second-order valence-electron chi connectivity index (χ2n) is 7.17. The second-order valence-corrected chi connectivity index (χ2v) is 8.01. The molecule has 0 aliphatic heterocycles. The van der Waals surface area contributed by atoms with Crippen molar-refractivity contribution in [2.75, 3.05) is 11.9 Å². The predicted octanol–water partition coefficient (Wildman–Crippen LogP) is 6.21. The van der Waals surface area contributed by atoms with Crippen LogP contribution in [0.5, 0.6) is 11.5 Å². The fraction of sp³-hybridized carbons (Fsp3) is 0.115. The Hall–Kier alpha value is -3.99. The van der Waals surface area contributed by atoms with Crippen molar-refractivity contribution in [3.8, 4) is 17.6 Å². The van der Waals surface area contributed by atoms with Crippen LogP contribution >= 0.6 is 23.2 Å². The van der Waals surface area contributed by atoms with E-state index in [1.807, 2.05) is 13.0 Å². The van der Waals surface area contributed by atoms with Crippen molar-refractivity contribution in [3.63, 3.8) is 0 Å². The zero-order valence-corrected chi connectivity index (χ0v) is 20.1. The summed E-state index contributed by atoms with van der Waals surface area (Å²) in [6, 6.07) is 17.6. The van der Waals surface area contributed by atoms with Crippen LogP contribution < -0.4 is 14.8 Å². The van der Waals surface area contributed by atoms with Crippen LogP contribution in [0.3, 0.4) is 0 Å². The van der Waals surface area contributed by atoms with E-state index in [2.05, 4.69) is 5.32 Å². The first-order valence-corrected chi connectivity index (χ1v) is 11.2. The molecule has 9 heteroatoms. The number of hydrogen-bond acceptors (Lipinski definition) is 5. The van der Waals surface area contributed by atoms with Crippen LogP contribution in [0.1, 0.15) is 28.4 Å². The highest BCUT2D eigenvalue weighted by molar-refractivity contribution is 6.35. The van der Waals surface area contributed by atoms with Gasteiger partial charge in [-0.1, -0.05) is 35.3 Å². The average Bonchev–Trinajstić information content (AvgIpc) is 2.83. The number of halogens is 2. The van der Waals surface area contributed by atoms with E-state index in [0.717, 1.165) is 5.56 Å². The first-order chi connectivity index (χ1) is 16.8. The molecule has 0 bridgehead atoms. The van der Waals surface area contributed by atoms with Crippen molar-refractivity contribution in [2.45, 2.75) is 13.5 Å². The Morgan fingerprint density at radius 1 is 1.03 bits per heavy atom. The number of amides is 1. The molecule has 2 N–H and O–H groups in total. The lowest BCUT2D eigenvalue weighted by molar-refractivity contribution is -0.112. The largest absolute Gasteiger partial charge is 0.490 e. The number of ether oxygens (including phenoxy) is 2. The minimum absolute atomic E-state index is 0.0862. The maximum atomic E-state index is 12.6. The summed E-state index contributed by atoms with van der Waals surface area (Å²) in [5.74, 6) is -0.801. The average molecular weight is 511 g/mol. The molecule has 0 saturated carbocycles. The molecule has 0 aromatic heterocycles. The molecule has 7 nitrogen and oxygen atoms in total. The Morgan fingerprint density at radius 3 is 2.40 bits per heavy atom. The fourth-order valence-corrected chi connectivity index (χ4v) is 3.47. The van der Waals surface area contributed by atoms with E-state index in [1.165, 1.54) is 30.3 Å². The molecule has 3 rings (SSSR count). The third-order valence-electron chi connectivity index (χ3n) is 4.73. The van der Waals surface area contributed by atoms with Gasteiger partial charge in [0.05, 0.1) is 12.2 Å². The van der Waals surface area contributed by atoms with Crippen molar-refractivity contribution in [3.05, 3.63) is 93.0 Å². The smallest absolute Gasteiger partial charge is 0.335 e. The number of anilines is 1. The summed E-state index contributed by atoms with van der Waals surface area (Å²) >= 11 is 12.1. The van der Waals surface area contributed by atoms with Gasteiger partial charge in [0.25, 0.3) is 5.91 Å². The van der Waals surface area contributed by atoms with Gasteiger partial charge in [-0.2, -0.15) is 5.26 Å². The maximum Gasteiger partial charge on any atom is 0.335 e. The van der Waals surface area contributed by atoms with Gasteiger partial charge in [-0.3, -0.25) is 4.79 Å². The number of aromatic carboxylic acids is 1. The normalized spacial score (nSPS) is 10.9. The van der Waals surface area contributed by atoms with E-state index in [0.29, 0.717) is 39.4 Å². The molecule has 1 amide bonds. The molecule has 3 aromatic rings. The van der Waals surface area contributed by atoms with E-state index in [4.69, 9.17) is 37.8 Å². The van der Waals surface area contributed by atoms with Crippen LogP contribution in [0.25, 0.3) is 6.08 Å². The monoisotopic (exact) mass is 510 g/mol. The lowest BCUT2D eigenvalue weighted by atomic mass is 10.1. The number of nitriles is 1. The van der Waals surface area contributed by atoms with Gasteiger partial charge in [0.1, 0.15) is 18.2 Å².